The number of hydrogen-bond donors (Lipinski definition) is 1. The second kappa shape index (κ2) is 6.74. The summed E-state index contributed by atoms with van der Waals surface area (Å²) in [6.45, 7) is 3.21. The Kier molecular flexibility index (Phi) is 4.96. The molecule has 0 aliphatic carbocycles. The number of alkyl halides is 2. The molecule has 8 heteroatoms. The molecule has 0 spiro atoms. The van der Waals surface area contributed by atoms with Gasteiger partial charge in [-0.3, -0.25) is 4.99 Å². The Labute approximate surface area is 165 Å². The topological polar surface area (TPSA) is 47.6 Å². The van der Waals surface area contributed by atoms with Crippen molar-refractivity contribution in [1.29, 1.82) is 0 Å². The van der Waals surface area contributed by atoms with Gasteiger partial charge in [-0.05, 0) is 62.2 Å². The van der Waals surface area contributed by atoms with Crippen molar-refractivity contribution in [1.82, 2.24) is 0 Å². The first kappa shape index (κ1) is 20.6. The molecule has 0 aromatic heterocycles. The molecule has 3 rings (SSSR count). The van der Waals surface area contributed by atoms with Gasteiger partial charge in [0.1, 0.15) is 29.7 Å². The highest BCUT2D eigenvalue weighted by molar-refractivity contribution is 6.30. The third-order valence-electron chi connectivity index (χ3n) is 5.00. The summed E-state index contributed by atoms with van der Waals surface area (Å²) in [7, 11) is 0. The lowest BCUT2D eigenvalue weighted by Gasteiger charge is -2.42. The van der Waals surface area contributed by atoms with Crippen molar-refractivity contribution in [3.05, 3.63) is 58.6 Å². The molecule has 28 heavy (non-hydrogen) atoms. The summed E-state index contributed by atoms with van der Waals surface area (Å²) in [5, 5.41) is 0.128. The van der Waals surface area contributed by atoms with Crippen molar-refractivity contribution >= 4 is 17.4 Å². The SMILES string of the molecule is CC1(C)OCC(N)=NC(C)(c2cc(-c3cc(F)cc(Cl)c3)ccc2F)C1(F)F. The first-order valence-corrected chi connectivity index (χ1v) is 8.88. The quantitative estimate of drug-likeness (QED) is 0.678. The molecule has 1 aliphatic rings. The number of benzene rings is 2. The minimum absolute atomic E-state index is 0.128. The third kappa shape index (κ3) is 3.26. The Morgan fingerprint density at radius 1 is 1.04 bits per heavy atom. The number of amidine groups is 1. The van der Waals surface area contributed by atoms with E-state index in [1.807, 2.05) is 0 Å². The van der Waals surface area contributed by atoms with Gasteiger partial charge in [-0.1, -0.05) is 17.7 Å². The number of aliphatic imine (C=N–C) groups is 1. The van der Waals surface area contributed by atoms with Crippen LogP contribution in [0.25, 0.3) is 11.1 Å². The summed E-state index contributed by atoms with van der Waals surface area (Å²) in [6.07, 6.45) is 0. The minimum atomic E-state index is -3.61. The predicted octanol–water partition coefficient (Wildman–Crippen LogP) is 5.30. The normalized spacial score (nSPS) is 23.8. The number of hydrogen-bond acceptors (Lipinski definition) is 3. The van der Waals surface area contributed by atoms with Crippen LogP contribution in [0.2, 0.25) is 5.02 Å². The summed E-state index contributed by atoms with van der Waals surface area (Å²) in [6, 6.07) is 7.36. The number of ether oxygens (including phenoxy) is 1. The van der Waals surface area contributed by atoms with E-state index in [1.165, 1.54) is 38.1 Å². The van der Waals surface area contributed by atoms with Gasteiger partial charge in [-0.25, -0.2) is 17.6 Å². The lowest BCUT2D eigenvalue weighted by atomic mass is 9.77. The summed E-state index contributed by atoms with van der Waals surface area (Å²) in [5.41, 5.74) is 1.68. The van der Waals surface area contributed by atoms with Crippen molar-refractivity contribution < 1.29 is 22.3 Å². The summed E-state index contributed by atoms with van der Waals surface area (Å²) in [5.74, 6) is -5.27. The lowest BCUT2D eigenvalue weighted by Crippen LogP contribution is -2.56. The Morgan fingerprint density at radius 3 is 2.36 bits per heavy atom. The molecule has 1 atom stereocenters. The summed E-state index contributed by atoms with van der Waals surface area (Å²) in [4.78, 5) is 3.94. The Bertz CT molecular complexity index is 941. The van der Waals surface area contributed by atoms with E-state index >= 15 is 8.78 Å². The predicted molar refractivity (Wildman–Crippen MR) is 101 cm³/mol. The van der Waals surface area contributed by atoms with E-state index in [0.29, 0.717) is 11.1 Å². The average Bonchev–Trinajstić information content (AvgIpc) is 2.64. The Balaban J connectivity index is 2.25. The Hall–Kier alpha value is -2.12. The number of nitrogens with two attached hydrogens (primary N) is 1. The zero-order valence-electron chi connectivity index (χ0n) is 15.5. The van der Waals surface area contributed by atoms with Crippen molar-refractivity contribution in [3.63, 3.8) is 0 Å². The largest absolute Gasteiger partial charge is 0.385 e. The monoisotopic (exact) mass is 414 g/mol. The van der Waals surface area contributed by atoms with E-state index in [0.717, 1.165) is 19.1 Å². The summed E-state index contributed by atoms with van der Waals surface area (Å²) >= 11 is 5.88. The van der Waals surface area contributed by atoms with Crippen molar-refractivity contribution in [2.24, 2.45) is 10.7 Å². The van der Waals surface area contributed by atoms with Gasteiger partial charge in [0, 0.05) is 10.6 Å². The molecule has 0 saturated heterocycles. The number of rotatable bonds is 2. The molecule has 0 saturated carbocycles. The van der Waals surface area contributed by atoms with E-state index < -0.39 is 28.7 Å². The van der Waals surface area contributed by atoms with E-state index in [1.54, 1.807) is 0 Å². The fourth-order valence-electron chi connectivity index (χ4n) is 3.35. The molecule has 1 unspecified atom stereocenters. The number of nitrogens with zero attached hydrogens (tertiary/aromatic N) is 1. The fraction of sp³-hybridized carbons (Fsp3) is 0.350. The van der Waals surface area contributed by atoms with Gasteiger partial charge in [0.05, 0.1) is 0 Å². The van der Waals surface area contributed by atoms with Crippen molar-refractivity contribution in [2.45, 2.75) is 37.8 Å². The second-order valence-corrected chi connectivity index (χ2v) is 7.84. The average molecular weight is 415 g/mol. The summed E-state index contributed by atoms with van der Waals surface area (Å²) < 4.78 is 64.6. The smallest absolute Gasteiger partial charge is 0.304 e. The standard InChI is InChI=1S/C20H19ClF4N2O/c1-18(2)20(24,25)19(3,27-17(26)10-28-18)15-8-11(4-5-16(15)23)12-6-13(21)9-14(22)7-12/h4-9H,10H2,1-3H3,(H2,26,27). The molecule has 2 aromatic carbocycles. The molecule has 3 nitrogen and oxygen atoms in total. The highest BCUT2D eigenvalue weighted by Gasteiger charge is 2.63. The maximum atomic E-state index is 15.5. The zero-order valence-corrected chi connectivity index (χ0v) is 16.2. The molecule has 0 amide bonds. The van der Waals surface area contributed by atoms with Crippen LogP contribution in [0.4, 0.5) is 17.6 Å². The van der Waals surface area contributed by atoms with Crippen LogP contribution in [0.1, 0.15) is 26.3 Å². The first-order chi connectivity index (χ1) is 12.9. The third-order valence-corrected chi connectivity index (χ3v) is 5.22. The highest BCUT2D eigenvalue weighted by atomic mass is 35.5. The molecule has 0 bridgehead atoms. The van der Waals surface area contributed by atoms with Gasteiger partial charge < -0.3 is 10.5 Å². The molecule has 2 aromatic rings. The maximum Gasteiger partial charge on any atom is 0.304 e. The molecular weight excluding hydrogens is 396 g/mol. The van der Waals surface area contributed by atoms with E-state index in [-0.39, 0.29) is 23.0 Å². The van der Waals surface area contributed by atoms with Gasteiger partial charge >= 0.3 is 5.92 Å². The molecule has 1 heterocycles. The molecule has 0 radical (unpaired) electrons. The first-order valence-electron chi connectivity index (χ1n) is 8.50. The van der Waals surface area contributed by atoms with E-state index in [9.17, 15) is 8.78 Å². The highest BCUT2D eigenvalue weighted by Crippen LogP contribution is 2.51. The van der Waals surface area contributed by atoms with Crippen LogP contribution in [0, 0.1) is 11.6 Å². The van der Waals surface area contributed by atoms with Crippen LogP contribution in [-0.4, -0.2) is 24.0 Å². The molecule has 2 N–H and O–H groups in total. The van der Waals surface area contributed by atoms with Crippen LogP contribution in [0.15, 0.2) is 41.4 Å². The molecule has 1 aliphatic heterocycles. The minimum Gasteiger partial charge on any atom is -0.385 e. The van der Waals surface area contributed by atoms with Crippen LogP contribution in [-0.2, 0) is 10.3 Å². The second-order valence-electron chi connectivity index (χ2n) is 7.40. The van der Waals surface area contributed by atoms with Gasteiger partial charge in [0.15, 0.2) is 5.54 Å². The van der Waals surface area contributed by atoms with Gasteiger partial charge in [-0.2, -0.15) is 0 Å². The maximum absolute atomic E-state index is 15.5. The van der Waals surface area contributed by atoms with E-state index in [2.05, 4.69) is 4.99 Å². The van der Waals surface area contributed by atoms with E-state index in [4.69, 9.17) is 22.1 Å². The Morgan fingerprint density at radius 2 is 1.71 bits per heavy atom. The van der Waals surface area contributed by atoms with Gasteiger partial charge in [-0.15, -0.1) is 0 Å². The van der Waals surface area contributed by atoms with Crippen LogP contribution >= 0.6 is 11.6 Å². The lowest BCUT2D eigenvalue weighted by molar-refractivity contribution is -0.214. The fourth-order valence-corrected chi connectivity index (χ4v) is 3.57. The van der Waals surface area contributed by atoms with Crippen molar-refractivity contribution in [3.8, 4) is 11.1 Å². The zero-order chi connectivity index (χ0) is 20.9. The van der Waals surface area contributed by atoms with Crippen LogP contribution < -0.4 is 5.73 Å². The number of halogens is 5. The van der Waals surface area contributed by atoms with Crippen LogP contribution in [0.3, 0.4) is 0 Å². The van der Waals surface area contributed by atoms with Crippen LogP contribution in [0.5, 0.6) is 0 Å². The molecule has 0 fully saturated rings. The van der Waals surface area contributed by atoms with Crippen molar-refractivity contribution in [2.75, 3.05) is 6.61 Å². The molecule has 150 valence electrons. The molecular formula is C20H19ClF4N2O. The van der Waals surface area contributed by atoms with Gasteiger partial charge in [0.2, 0.25) is 0 Å². The van der Waals surface area contributed by atoms with Gasteiger partial charge in [0.25, 0.3) is 0 Å².